The topological polar surface area (TPSA) is 51.2 Å². The number of carbonyl (C=O) groups excluding carboxylic acids is 1. The van der Waals surface area contributed by atoms with Gasteiger partial charge in [0.15, 0.2) is 11.6 Å². The summed E-state index contributed by atoms with van der Waals surface area (Å²) in [6, 6.07) is 0.481. The molecule has 0 saturated heterocycles. The highest BCUT2D eigenvalue weighted by atomic mass is 35.5. The average Bonchev–Trinajstić information content (AvgIpc) is 2.26. The van der Waals surface area contributed by atoms with E-state index in [4.69, 9.17) is 11.6 Å². The van der Waals surface area contributed by atoms with Gasteiger partial charge in [0.05, 0.1) is 12.1 Å². The van der Waals surface area contributed by atoms with Crippen LogP contribution in [0.15, 0.2) is 12.3 Å². The standard InChI is InChI=1S/C11H14ClFN2O2/c1-6(2)9(11(16)17-3)15-10-8(13)4-7(12)5-14-10/h4-6,9H,1-3H3,(H,14,15). The van der Waals surface area contributed by atoms with Crippen LogP contribution in [0.25, 0.3) is 0 Å². The molecular formula is C11H14ClFN2O2. The Hall–Kier alpha value is -1.36. The van der Waals surface area contributed by atoms with Gasteiger partial charge in [0.1, 0.15) is 6.04 Å². The van der Waals surface area contributed by atoms with Crippen LogP contribution in [0.1, 0.15) is 13.8 Å². The highest BCUT2D eigenvalue weighted by Gasteiger charge is 2.24. The number of hydrogen-bond acceptors (Lipinski definition) is 4. The fourth-order valence-corrected chi connectivity index (χ4v) is 1.44. The van der Waals surface area contributed by atoms with Crippen molar-refractivity contribution in [2.75, 3.05) is 12.4 Å². The number of nitrogens with zero attached hydrogens (tertiary/aromatic N) is 1. The predicted octanol–water partition coefficient (Wildman–Crippen LogP) is 2.48. The molecule has 0 aliphatic rings. The Morgan fingerprint density at radius 3 is 2.71 bits per heavy atom. The average molecular weight is 261 g/mol. The second-order valence-electron chi connectivity index (χ2n) is 3.87. The Kier molecular flexibility index (Phi) is 4.69. The molecule has 1 N–H and O–H groups in total. The molecule has 0 bridgehead atoms. The first-order valence-electron chi connectivity index (χ1n) is 5.11. The minimum absolute atomic E-state index is 0.0153. The van der Waals surface area contributed by atoms with Gasteiger partial charge in [-0.05, 0) is 12.0 Å². The summed E-state index contributed by atoms with van der Waals surface area (Å²) in [6.45, 7) is 3.64. The number of carbonyl (C=O) groups is 1. The van der Waals surface area contributed by atoms with Crippen molar-refractivity contribution in [3.05, 3.63) is 23.1 Å². The monoisotopic (exact) mass is 260 g/mol. The smallest absolute Gasteiger partial charge is 0.328 e. The van der Waals surface area contributed by atoms with Crippen LogP contribution in [0.5, 0.6) is 0 Å². The van der Waals surface area contributed by atoms with Gasteiger partial charge in [-0.3, -0.25) is 0 Å². The first-order chi connectivity index (χ1) is 7.95. The van der Waals surface area contributed by atoms with Gasteiger partial charge in [0, 0.05) is 6.20 Å². The summed E-state index contributed by atoms with van der Waals surface area (Å²) in [7, 11) is 1.28. The lowest BCUT2D eigenvalue weighted by Gasteiger charge is -2.20. The van der Waals surface area contributed by atoms with E-state index in [9.17, 15) is 9.18 Å². The molecule has 1 rings (SSSR count). The molecule has 1 aromatic rings. The Morgan fingerprint density at radius 1 is 1.59 bits per heavy atom. The number of aromatic nitrogens is 1. The number of methoxy groups -OCH3 is 1. The quantitative estimate of drug-likeness (QED) is 0.845. The number of esters is 1. The first-order valence-corrected chi connectivity index (χ1v) is 5.49. The van der Waals surface area contributed by atoms with E-state index in [1.54, 1.807) is 0 Å². The number of hydrogen-bond donors (Lipinski definition) is 1. The fraction of sp³-hybridized carbons (Fsp3) is 0.455. The van der Waals surface area contributed by atoms with Gasteiger partial charge in [-0.15, -0.1) is 0 Å². The maximum Gasteiger partial charge on any atom is 0.328 e. The molecular weight excluding hydrogens is 247 g/mol. The molecule has 6 heteroatoms. The number of rotatable bonds is 4. The molecule has 1 atom stereocenters. The minimum Gasteiger partial charge on any atom is -0.467 e. The summed E-state index contributed by atoms with van der Waals surface area (Å²) in [5.41, 5.74) is 0. The van der Waals surface area contributed by atoms with Crippen molar-refractivity contribution < 1.29 is 13.9 Å². The molecule has 0 aliphatic heterocycles. The third kappa shape index (κ3) is 3.56. The van der Waals surface area contributed by atoms with E-state index in [0.29, 0.717) is 0 Å². The van der Waals surface area contributed by atoms with Crippen LogP contribution in [-0.4, -0.2) is 24.1 Å². The lowest BCUT2D eigenvalue weighted by molar-refractivity contribution is -0.142. The molecule has 1 unspecified atom stereocenters. The van der Waals surface area contributed by atoms with E-state index in [0.717, 1.165) is 6.07 Å². The lowest BCUT2D eigenvalue weighted by Crippen LogP contribution is -2.36. The number of anilines is 1. The van der Waals surface area contributed by atoms with E-state index >= 15 is 0 Å². The Balaban J connectivity index is 2.90. The van der Waals surface area contributed by atoms with Crippen molar-refractivity contribution >= 4 is 23.4 Å². The maximum atomic E-state index is 13.5. The van der Waals surface area contributed by atoms with E-state index in [1.807, 2.05) is 13.8 Å². The van der Waals surface area contributed by atoms with Gasteiger partial charge in [-0.1, -0.05) is 25.4 Å². The molecule has 17 heavy (non-hydrogen) atoms. The Labute approximate surface area is 104 Å². The highest BCUT2D eigenvalue weighted by molar-refractivity contribution is 6.30. The molecule has 1 heterocycles. The summed E-state index contributed by atoms with van der Waals surface area (Å²) in [5.74, 6) is -1.14. The van der Waals surface area contributed by atoms with Gasteiger partial charge < -0.3 is 10.1 Å². The van der Waals surface area contributed by atoms with Crippen molar-refractivity contribution in [2.45, 2.75) is 19.9 Å². The summed E-state index contributed by atoms with van der Waals surface area (Å²) in [5, 5.41) is 2.91. The van der Waals surface area contributed by atoms with E-state index < -0.39 is 17.8 Å². The number of pyridine rings is 1. The summed E-state index contributed by atoms with van der Waals surface area (Å²) in [4.78, 5) is 15.3. The molecule has 0 aliphatic carbocycles. The van der Waals surface area contributed by atoms with Crippen LogP contribution in [0.3, 0.4) is 0 Å². The number of ether oxygens (including phenoxy) is 1. The van der Waals surface area contributed by atoms with Gasteiger partial charge in [-0.25, -0.2) is 14.2 Å². The third-order valence-corrected chi connectivity index (χ3v) is 2.43. The normalized spacial score (nSPS) is 12.4. The van der Waals surface area contributed by atoms with Crippen molar-refractivity contribution in [3.63, 3.8) is 0 Å². The second kappa shape index (κ2) is 5.82. The van der Waals surface area contributed by atoms with E-state index in [1.165, 1.54) is 13.3 Å². The highest BCUT2D eigenvalue weighted by Crippen LogP contribution is 2.18. The molecule has 0 aromatic carbocycles. The van der Waals surface area contributed by atoms with Crippen molar-refractivity contribution in [1.29, 1.82) is 0 Å². The third-order valence-electron chi connectivity index (χ3n) is 2.22. The number of nitrogens with one attached hydrogen (secondary N) is 1. The maximum absolute atomic E-state index is 13.5. The molecule has 0 spiro atoms. The zero-order chi connectivity index (χ0) is 13.0. The van der Waals surface area contributed by atoms with Crippen molar-refractivity contribution in [2.24, 2.45) is 5.92 Å². The zero-order valence-corrected chi connectivity index (χ0v) is 10.6. The van der Waals surface area contributed by atoms with Crippen LogP contribution in [-0.2, 0) is 9.53 Å². The molecule has 0 fully saturated rings. The van der Waals surface area contributed by atoms with Crippen LogP contribution < -0.4 is 5.32 Å². The number of halogens is 2. The lowest BCUT2D eigenvalue weighted by atomic mass is 10.0. The van der Waals surface area contributed by atoms with E-state index in [2.05, 4.69) is 15.0 Å². The van der Waals surface area contributed by atoms with Crippen molar-refractivity contribution in [3.8, 4) is 0 Å². The molecule has 4 nitrogen and oxygen atoms in total. The summed E-state index contributed by atoms with van der Waals surface area (Å²) in [6.07, 6.45) is 1.31. The molecule has 0 saturated carbocycles. The Morgan fingerprint density at radius 2 is 2.24 bits per heavy atom. The SMILES string of the molecule is COC(=O)C(Nc1ncc(Cl)cc1F)C(C)C. The van der Waals surface area contributed by atoms with Gasteiger partial charge in [-0.2, -0.15) is 0 Å². The van der Waals surface area contributed by atoms with Gasteiger partial charge in [0.25, 0.3) is 0 Å². The van der Waals surface area contributed by atoms with Crippen LogP contribution in [0.4, 0.5) is 10.2 Å². The molecule has 1 aromatic heterocycles. The molecule has 94 valence electrons. The van der Waals surface area contributed by atoms with E-state index in [-0.39, 0.29) is 16.8 Å². The van der Waals surface area contributed by atoms with Gasteiger partial charge >= 0.3 is 5.97 Å². The van der Waals surface area contributed by atoms with Crippen LogP contribution in [0.2, 0.25) is 5.02 Å². The van der Waals surface area contributed by atoms with Gasteiger partial charge in [0.2, 0.25) is 0 Å². The molecule has 0 radical (unpaired) electrons. The molecule has 0 amide bonds. The predicted molar refractivity (Wildman–Crippen MR) is 63.5 cm³/mol. The van der Waals surface area contributed by atoms with Crippen LogP contribution >= 0.6 is 11.6 Å². The zero-order valence-electron chi connectivity index (χ0n) is 9.83. The van der Waals surface area contributed by atoms with Crippen LogP contribution in [0, 0.1) is 11.7 Å². The minimum atomic E-state index is -0.650. The Bertz CT molecular complexity index is 412. The first kappa shape index (κ1) is 13.7. The summed E-state index contributed by atoms with van der Waals surface area (Å²) < 4.78 is 18.1. The second-order valence-corrected chi connectivity index (χ2v) is 4.31. The fourth-order valence-electron chi connectivity index (χ4n) is 1.29. The summed E-state index contributed by atoms with van der Waals surface area (Å²) >= 11 is 5.58. The largest absolute Gasteiger partial charge is 0.467 e. The van der Waals surface area contributed by atoms with Crippen molar-refractivity contribution in [1.82, 2.24) is 4.98 Å².